The molecule has 2 rings (SSSR count). The number of esters is 1. The minimum absolute atomic E-state index is 0.212. The maximum absolute atomic E-state index is 11.5. The molecule has 0 saturated carbocycles. The van der Waals surface area contributed by atoms with Crippen LogP contribution < -0.4 is 0 Å². The predicted molar refractivity (Wildman–Crippen MR) is 63.4 cm³/mol. The Kier molecular flexibility index (Phi) is 3.53. The number of rotatable bonds is 3. The highest BCUT2D eigenvalue weighted by atomic mass is 79.9. The minimum atomic E-state index is -0.471. The molecule has 0 aromatic carbocycles. The van der Waals surface area contributed by atoms with Gasteiger partial charge in [0.15, 0.2) is 16.1 Å². The normalized spacial score (nSPS) is 10.2. The summed E-state index contributed by atoms with van der Waals surface area (Å²) in [5.74, 6) is 0.0894. The summed E-state index contributed by atoms with van der Waals surface area (Å²) in [5, 5.41) is 0. The van der Waals surface area contributed by atoms with Crippen LogP contribution in [-0.4, -0.2) is 22.5 Å². The smallest absolute Gasteiger partial charge is 0.357 e. The second-order valence-corrected chi connectivity index (χ2v) is 3.89. The van der Waals surface area contributed by atoms with Crippen molar-refractivity contribution in [2.24, 2.45) is 0 Å². The van der Waals surface area contributed by atoms with Gasteiger partial charge < -0.3 is 9.15 Å². The molecule has 0 N–H and O–H groups in total. The summed E-state index contributed by atoms with van der Waals surface area (Å²) in [4.78, 5) is 19.4. The second kappa shape index (κ2) is 5.09. The number of carbonyl (C=O) groups is 1. The molecule has 0 saturated heterocycles. The lowest BCUT2D eigenvalue weighted by Gasteiger charge is -2.01. The summed E-state index contributed by atoms with van der Waals surface area (Å²) in [6.07, 6.45) is 1.30. The van der Waals surface area contributed by atoms with Gasteiger partial charge in [0.1, 0.15) is 12.0 Å². The van der Waals surface area contributed by atoms with Crippen LogP contribution in [0.4, 0.5) is 0 Å². The molecular formula is C11H9BrN2O3. The van der Waals surface area contributed by atoms with Crippen LogP contribution in [0.15, 0.2) is 33.6 Å². The third-order valence-electron chi connectivity index (χ3n) is 1.98. The molecule has 0 aliphatic heterocycles. The molecule has 2 heterocycles. The predicted octanol–water partition coefficient (Wildman–Crippen LogP) is 2.68. The quantitative estimate of drug-likeness (QED) is 0.815. The standard InChI is InChI=1S/C11H9BrN2O3/c1-2-16-11(15)8-5-7(13-6-14-8)9-3-4-10(12)17-9/h3-6H,2H2,1H3. The molecule has 0 spiro atoms. The van der Waals surface area contributed by atoms with E-state index in [4.69, 9.17) is 9.15 Å². The van der Waals surface area contributed by atoms with Crippen molar-refractivity contribution in [3.8, 4) is 11.5 Å². The van der Waals surface area contributed by atoms with Crippen LogP contribution >= 0.6 is 15.9 Å². The van der Waals surface area contributed by atoms with Gasteiger partial charge in [0.25, 0.3) is 0 Å². The van der Waals surface area contributed by atoms with Gasteiger partial charge in [-0.25, -0.2) is 14.8 Å². The molecule has 0 atom stereocenters. The summed E-state index contributed by atoms with van der Waals surface area (Å²) < 4.78 is 10.8. The average molecular weight is 297 g/mol. The van der Waals surface area contributed by atoms with Crippen molar-refractivity contribution in [2.75, 3.05) is 6.61 Å². The van der Waals surface area contributed by atoms with E-state index < -0.39 is 5.97 Å². The molecule has 0 unspecified atom stereocenters. The fourth-order valence-corrected chi connectivity index (χ4v) is 1.57. The topological polar surface area (TPSA) is 65.2 Å². The molecular weight excluding hydrogens is 288 g/mol. The van der Waals surface area contributed by atoms with Gasteiger partial charge in [0.2, 0.25) is 0 Å². The van der Waals surface area contributed by atoms with E-state index in [0.717, 1.165) is 0 Å². The zero-order valence-electron chi connectivity index (χ0n) is 9.01. The van der Waals surface area contributed by atoms with E-state index in [9.17, 15) is 4.79 Å². The van der Waals surface area contributed by atoms with Crippen molar-refractivity contribution in [1.29, 1.82) is 0 Å². The van der Waals surface area contributed by atoms with Gasteiger partial charge in [-0.15, -0.1) is 0 Å². The Labute approximate surface area is 106 Å². The highest BCUT2D eigenvalue weighted by Gasteiger charge is 2.12. The number of aromatic nitrogens is 2. The van der Waals surface area contributed by atoms with E-state index in [0.29, 0.717) is 22.7 Å². The molecule has 2 aromatic heterocycles. The number of halogens is 1. The average Bonchev–Trinajstić information content (AvgIpc) is 2.76. The first kappa shape index (κ1) is 11.8. The molecule has 0 radical (unpaired) electrons. The highest BCUT2D eigenvalue weighted by molar-refractivity contribution is 9.10. The van der Waals surface area contributed by atoms with Crippen molar-refractivity contribution in [3.63, 3.8) is 0 Å². The second-order valence-electron chi connectivity index (χ2n) is 3.11. The number of nitrogens with zero attached hydrogens (tertiary/aromatic N) is 2. The maximum atomic E-state index is 11.5. The van der Waals surface area contributed by atoms with E-state index >= 15 is 0 Å². The zero-order chi connectivity index (χ0) is 12.3. The van der Waals surface area contributed by atoms with Crippen LogP contribution in [-0.2, 0) is 4.74 Å². The fourth-order valence-electron chi connectivity index (χ4n) is 1.26. The van der Waals surface area contributed by atoms with Crippen molar-refractivity contribution in [3.05, 3.63) is 34.9 Å². The molecule has 17 heavy (non-hydrogen) atoms. The first-order chi connectivity index (χ1) is 8.20. The Morgan fingerprint density at radius 1 is 1.47 bits per heavy atom. The van der Waals surface area contributed by atoms with Gasteiger partial charge in [0.05, 0.1) is 6.61 Å². The SMILES string of the molecule is CCOC(=O)c1cc(-c2ccc(Br)o2)ncn1. The Balaban J connectivity index is 2.31. The number of ether oxygens (including phenoxy) is 1. The van der Waals surface area contributed by atoms with Crippen molar-refractivity contribution in [1.82, 2.24) is 9.97 Å². The van der Waals surface area contributed by atoms with E-state index in [2.05, 4.69) is 25.9 Å². The minimum Gasteiger partial charge on any atom is -0.461 e. The molecule has 0 bridgehead atoms. The highest BCUT2D eigenvalue weighted by Crippen LogP contribution is 2.23. The molecule has 2 aromatic rings. The monoisotopic (exact) mass is 296 g/mol. The molecule has 5 nitrogen and oxygen atoms in total. The zero-order valence-corrected chi connectivity index (χ0v) is 10.6. The van der Waals surface area contributed by atoms with E-state index in [1.54, 1.807) is 19.1 Å². The molecule has 0 fully saturated rings. The summed E-state index contributed by atoms with van der Waals surface area (Å²) in [6, 6.07) is 5.03. The molecule has 6 heteroatoms. The largest absolute Gasteiger partial charge is 0.461 e. The van der Waals surface area contributed by atoms with Crippen molar-refractivity contribution >= 4 is 21.9 Å². The lowest BCUT2D eigenvalue weighted by atomic mass is 10.2. The van der Waals surface area contributed by atoms with E-state index in [1.165, 1.54) is 12.4 Å². The van der Waals surface area contributed by atoms with Gasteiger partial charge in [-0.3, -0.25) is 0 Å². The van der Waals surface area contributed by atoms with Crippen LogP contribution in [0.25, 0.3) is 11.5 Å². The van der Waals surface area contributed by atoms with E-state index in [1.807, 2.05) is 0 Å². The lowest BCUT2D eigenvalue weighted by Crippen LogP contribution is -2.07. The third kappa shape index (κ3) is 2.71. The molecule has 88 valence electrons. The summed E-state index contributed by atoms with van der Waals surface area (Å²) in [5.41, 5.74) is 0.748. The Morgan fingerprint density at radius 2 is 2.29 bits per heavy atom. The van der Waals surface area contributed by atoms with Gasteiger partial charge >= 0.3 is 5.97 Å². The van der Waals surface area contributed by atoms with Gasteiger partial charge in [-0.2, -0.15) is 0 Å². The van der Waals surface area contributed by atoms with E-state index in [-0.39, 0.29) is 5.69 Å². The van der Waals surface area contributed by atoms with Crippen LogP contribution in [0.1, 0.15) is 17.4 Å². The van der Waals surface area contributed by atoms with Crippen LogP contribution in [0, 0.1) is 0 Å². The first-order valence-electron chi connectivity index (χ1n) is 4.95. The summed E-state index contributed by atoms with van der Waals surface area (Å²) in [6.45, 7) is 2.05. The Bertz CT molecular complexity index is 539. The number of hydrogen-bond acceptors (Lipinski definition) is 5. The van der Waals surface area contributed by atoms with Crippen LogP contribution in [0.5, 0.6) is 0 Å². The molecule has 0 aliphatic rings. The fraction of sp³-hybridized carbons (Fsp3) is 0.182. The Hall–Kier alpha value is -1.69. The van der Waals surface area contributed by atoms with Crippen LogP contribution in [0.2, 0.25) is 0 Å². The van der Waals surface area contributed by atoms with Gasteiger partial charge in [0, 0.05) is 6.07 Å². The lowest BCUT2D eigenvalue weighted by molar-refractivity contribution is 0.0519. The number of furan rings is 1. The maximum Gasteiger partial charge on any atom is 0.357 e. The van der Waals surface area contributed by atoms with Gasteiger partial charge in [-0.05, 0) is 35.0 Å². The first-order valence-corrected chi connectivity index (χ1v) is 5.75. The van der Waals surface area contributed by atoms with Crippen molar-refractivity contribution in [2.45, 2.75) is 6.92 Å². The molecule has 0 amide bonds. The van der Waals surface area contributed by atoms with Crippen LogP contribution in [0.3, 0.4) is 0 Å². The molecule has 0 aliphatic carbocycles. The number of carbonyl (C=O) groups excluding carboxylic acids is 1. The summed E-state index contributed by atoms with van der Waals surface area (Å²) in [7, 11) is 0. The number of hydrogen-bond donors (Lipinski definition) is 0. The van der Waals surface area contributed by atoms with Crippen molar-refractivity contribution < 1.29 is 13.9 Å². The third-order valence-corrected chi connectivity index (χ3v) is 2.40. The Morgan fingerprint density at radius 3 is 2.94 bits per heavy atom. The summed E-state index contributed by atoms with van der Waals surface area (Å²) >= 11 is 3.20. The van der Waals surface area contributed by atoms with Gasteiger partial charge in [-0.1, -0.05) is 0 Å².